The zero-order valence-electron chi connectivity index (χ0n) is 29.9. The maximum atomic E-state index is 14.2. The molecule has 0 radical (unpaired) electrons. The molecule has 3 amide bonds. The van der Waals surface area contributed by atoms with Gasteiger partial charge in [-0.3, -0.25) is 19.1 Å². The zero-order valence-corrected chi connectivity index (χ0v) is 30.7. The number of carbonyl (C=O) groups excluding carboxylic acids is 4. The summed E-state index contributed by atoms with van der Waals surface area (Å²) in [5, 5.41) is 9.63. The lowest BCUT2D eigenvalue weighted by atomic mass is 9.85. The molecule has 5 aliphatic rings. The zero-order chi connectivity index (χ0) is 37.7. The molecule has 0 spiro atoms. The summed E-state index contributed by atoms with van der Waals surface area (Å²) in [5.41, 5.74) is 1.87. The minimum atomic E-state index is -3.89. The van der Waals surface area contributed by atoms with Gasteiger partial charge in [0.2, 0.25) is 21.8 Å². The number of nitrogens with zero attached hydrogens (tertiary/aromatic N) is 1. The van der Waals surface area contributed by atoms with E-state index in [1.54, 1.807) is 32.9 Å². The summed E-state index contributed by atoms with van der Waals surface area (Å²) in [4.78, 5) is 61.3. The fourth-order valence-corrected chi connectivity index (χ4v) is 8.76. The maximum absolute atomic E-state index is 14.2. The molecule has 1 heterocycles. The Morgan fingerprint density at radius 3 is 2.36 bits per heavy atom. The maximum Gasteiger partial charge on any atom is 0.329 e. The minimum Gasteiger partial charge on any atom is -0.490 e. The van der Waals surface area contributed by atoms with Crippen LogP contribution in [0.15, 0.2) is 72.4 Å². The van der Waals surface area contributed by atoms with Gasteiger partial charge in [-0.1, -0.05) is 56.3 Å². The second kappa shape index (κ2) is 13.8. The van der Waals surface area contributed by atoms with Crippen LogP contribution in [0.4, 0.5) is 0 Å². The topological polar surface area (TPSA) is 179 Å². The molecule has 4 bridgehead atoms. The molecular weight excluding hydrogens is 701 g/mol. The van der Waals surface area contributed by atoms with Crippen LogP contribution in [0.2, 0.25) is 0 Å². The van der Waals surface area contributed by atoms with Crippen molar-refractivity contribution in [2.45, 2.75) is 75.8 Å². The first-order chi connectivity index (χ1) is 25.2. The Hall–Kier alpha value is -4.98. The quantitative estimate of drug-likeness (QED) is 0.252. The van der Waals surface area contributed by atoms with Crippen molar-refractivity contribution in [2.75, 3.05) is 13.2 Å². The molecule has 4 aliphatic carbocycles. The molecule has 13 nitrogen and oxygen atoms in total. The van der Waals surface area contributed by atoms with Crippen molar-refractivity contribution in [2.24, 2.45) is 28.3 Å². The van der Waals surface area contributed by atoms with Gasteiger partial charge in [-0.25, -0.2) is 13.2 Å². The third kappa shape index (κ3) is 7.20. The van der Waals surface area contributed by atoms with E-state index in [1.807, 2.05) is 42.5 Å². The Balaban J connectivity index is 1.21. The number of nitrogens with one attached hydrogen (secondary N) is 3. The summed E-state index contributed by atoms with van der Waals surface area (Å²) in [7, 11) is -3.89. The van der Waals surface area contributed by atoms with Crippen LogP contribution < -0.4 is 20.1 Å². The molecule has 53 heavy (non-hydrogen) atoms. The predicted molar refractivity (Wildman–Crippen MR) is 195 cm³/mol. The Kier molecular flexibility index (Phi) is 9.46. The SMILES string of the molecule is C=C[C@@H]1C[C@]1(NC(=O)[C@@H]1C[C@@H]2C[C@H]1C(=O)N[C@H](C(C)(C)C)C(=O)OC/C=C/COc1ccc3c(c1)/C(=N/O2)c1ccccc1-3)C(=O)NS(=O)(=O)C1CC1. The van der Waals surface area contributed by atoms with Crippen LogP contribution in [-0.4, -0.2) is 74.0 Å². The van der Waals surface area contributed by atoms with Gasteiger partial charge in [-0.15, -0.1) is 6.58 Å². The molecule has 0 saturated heterocycles. The molecule has 0 aromatic heterocycles. The van der Waals surface area contributed by atoms with Crippen molar-refractivity contribution in [1.82, 2.24) is 15.4 Å². The van der Waals surface area contributed by atoms with Gasteiger partial charge in [0.1, 0.15) is 42.4 Å². The van der Waals surface area contributed by atoms with E-state index in [2.05, 4.69) is 27.1 Å². The van der Waals surface area contributed by atoms with E-state index in [0.29, 0.717) is 24.3 Å². The first-order valence-corrected chi connectivity index (χ1v) is 19.5. The van der Waals surface area contributed by atoms with Gasteiger partial charge in [0.15, 0.2) is 0 Å². The van der Waals surface area contributed by atoms with Gasteiger partial charge in [-0.05, 0) is 79.0 Å². The second-order valence-corrected chi connectivity index (χ2v) is 17.5. The highest BCUT2D eigenvalue weighted by molar-refractivity contribution is 7.91. The lowest BCUT2D eigenvalue weighted by molar-refractivity contribution is -0.150. The number of sulfonamides is 1. The van der Waals surface area contributed by atoms with Gasteiger partial charge in [0.25, 0.3) is 5.91 Å². The highest BCUT2D eigenvalue weighted by Crippen LogP contribution is 2.47. The lowest BCUT2D eigenvalue weighted by Crippen LogP contribution is -2.55. The van der Waals surface area contributed by atoms with Crippen molar-refractivity contribution in [3.05, 3.63) is 78.4 Å². The number of oxime groups is 1. The van der Waals surface area contributed by atoms with E-state index < -0.39 is 79.8 Å². The number of amides is 3. The number of benzene rings is 2. The summed E-state index contributed by atoms with van der Waals surface area (Å²) in [6.07, 6.45) is 5.42. The molecule has 2 aromatic rings. The molecule has 7 rings (SSSR count). The van der Waals surface area contributed by atoms with Crippen LogP contribution in [0.25, 0.3) is 11.1 Å². The number of hydrogen-bond acceptors (Lipinski definition) is 10. The normalized spacial score (nSPS) is 29.9. The first kappa shape index (κ1) is 36.4. The van der Waals surface area contributed by atoms with E-state index in [9.17, 15) is 27.6 Å². The predicted octanol–water partition coefficient (Wildman–Crippen LogP) is 3.52. The van der Waals surface area contributed by atoms with Crippen LogP contribution in [0.3, 0.4) is 0 Å². The summed E-state index contributed by atoms with van der Waals surface area (Å²) in [6, 6.07) is 12.4. The van der Waals surface area contributed by atoms with E-state index in [-0.39, 0.29) is 32.5 Å². The third-order valence-electron chi connectivity index (χ3n) is 10.7. The Morgan fingerprint density at radius 1 is 0.981 bits per heavy atom. The van der Waals surface area contributed by atoms with E-state index >= 15 is 0 Å². The summed E-state index contributed by atoms with van der Waals surface area (Å²) >= 11 is 0. The van der Waals surface area contributed by atoms with Gasteiger partial charge in [-0.2, -0.15) is 0 Å². The van der Waals surface area contributed by atoms with Gasteiger partial charge < -0.3 is 24.9 Å². The number of carbonyl (C=O) groups is 4. The summed E-state index contributed by atoms with van der Waals surface area (Å²) < 4.78 is 39.0. The average Bonchev–Trinajstić information content (AvgIpc) is 4.03. The van der Waals surface area contributed by atoms with Crippen LogP contribution >= 0.6 is 0 Å². The fourth-order valence-electron chi connectivity index (χ4n) is 7.40. The Morgan fingerprint density at radius 2 is 1.68 bits per heavy atom. The van der Waals surface area contributed by atoms with Crippen LogP contribution in [0, 0.1) is 23.2 Å². The van der Waals surface area contributed by atoms with Crippen LogP contribution in [0.5, 0.6) is 5.75 Å². The molecule has 3 N–H and O–H groups in total. The number of rotatable bonds is 6. The molecule has 280 valence electrons. The average molecular weight is 745 g/mol. The highest BCUT2D eigenvalue weighted by atomic mass is 32.2. The minimum absolute atomic E-state index is 0.0452. The largest absolute Gasteiger partial charge is 0.490 e. The van der Waals surface area contributed by atoms with Crippen LogP contribution in [0.1, 0.15) is 64.0 Å². The van der Waals surface area contributed by atoms with Gasteiger partial charge in [0, 0.05) is 17.0 Å². The number of esters is 1. The molecule has 2 aromatic carbocycles. The van der Waals surface area contributed by atoms with Crippen molar-refractivity contribution in [3.8, 4) is 16.9 Å². The molecule has 6 atom stereocenters. The Labute approximate surface area is 308 Å². The third-order valence-corrected chi connectivity index (χ3v) is 12.5. The van der Waals surface area contributed by atoms with Crippen molar-refractivity contribution in [1.29, 1.82) is 0 Å². The highest BCUT2D eigenvalue weighted by Gasteiger charge is 2.62. The fraction of sp³-hybridized carbons (Fsp3) is 0.462. The molecule has 0 unspecified atom stereocenters. The molecule has 14 heteroatoms. The van der Waals surface area contributed by atoms with Crippen molar-refractivity contribution >= 4 is 39.4 Å². The molecule has 3 saturated carbocycles. The van der Waals surface area contributed by atoms with Gasteiger partial charge >= 0.3 is 5.97 Å². The van der Waals surface area contributed by atoms with E-state index in [0.717, 1.165) is 22.3 Å². The Bertz CT molecular complexity index is 2030. The van der Waals surface area contributed by atoms with E-state index in [1.165, 1.54) is 6.08 Å². The van der Waals surface area contributed by atoms with E-state index in [4.69, 9.17) is 14.3 Å². The first-order valence-electron chi connectivity index (χ1n) is 18.0. The molecule has 3 fully saturated rings. The standard InChI is InChI=1S/C39H44N4O9S/c1-5-22-21-39(22,37(47)43-53(48,49)25-13-14-25)41-35(45)31-20-24-19-30(31)34(44)40-33(38(2,3)4)36(46)51-17-9-8-16-50-23-12-15-27-26-10-6-7-11-28(26)32(42-52-24)29(27)18-23/h5-12,15,18,22,24-25,30-31,33H,1,13-14,16-17,19-21H2,2-4H3,(H,40,44)(H,41,45)(H,43,47)/b9-8+,42-32+/t22-,24+,30-,31-,33+,39-/m1/s1. The van der Waals surface area contributed by atoms with Crippen molar-refractivity contribution in [3.63, 3.8) is 0 Å². The van der Waals surface area contributed by atoms with Crippen LogP contribution in [-0.2, 0) is 38.8 Å². The van der Waals surface area contributed by atoms with Gasteiger partial charge in [0.05, 0.1) is 17.1 Å². The number of ether oxygens (including phenoxy) is 2. The summed E-state index contributed by atoms with van der Waals surface area (Å²) in [6.45, 7) is 9.33. The smallest absolute Gasteiger partial charge is 0.329 e. The molecule has 1 aliphatic heterocycles. The second-order valence-electron chi connectivity index (χ2n) is 15.5. The monoisotopic (exact) mass is 744 g/mol. The molecular formula is C39H44N4O9S. The summed E-state index contributed by atoms with van der Waals surface area (Å²) in [5.74, 6) is -4.56. The number of hydrogen-bond donors (Lipinski definition) is 3. The number of fused-ring (bicyclic) bond motifs is 6. The lowest BCUT2D eigenvalue weighted by Gasteiger charge is -2.31. The van der Waals surface area contributed by atoms with Crippen molar-refractivity contribution < 1.29 is 41.9 Å². The number of cyclic esters (lactones) is 1.